The van der Waals surface area contributed by atoms with Gasteiger partial charge in [-0.25, -0.2) is 0 Å². The Morgan fingerprint density at radius 3 is 0.735 bits per heavy atom. The van der Waals surface area contributed by atoms with E-state index in [4.69, 9.17) is 14.2 Å². The van der Waals surface area contributed by atoms with Crippen molar-refractivity contribution in [3.8, 4) is 0 Å². The first-order valence-electron chi connectivity index (χ1n) is 35.0. The van der Waals surface area contributed by atoms with Gasteiger partial charge in [-0.05, 0) is 128 Å². The summed E-state index contributed by atoms with van der Waals surface area (Å²) in [7, 11) is 0. The molecular weight excluding hydrogens is 1020 g/mol. The first kappa shape index (κ1) is 78.8. The molecule has 0 aromatic rings. The Morgan fingerprint density at radius 1 is 0.253 bits per heavy atom. The van der Waals surface area contributed by atoms with Gasteiger partial charge in [-0.1, -0.05) is 303 Å². The zero-order chi connectivity index (χ0) is 59.9. The fraction of sp³-hybridized carbons (Fsp3) is 0.701. The lowest BCUT2D eigenvalue weighted by molar-refractivity contribution is -0.167. The lowest BCUT2D eigenvalue weighted by atomic mass is 10.0. The second kappa shape index (κ2) is 70.3. The van der Waals surface area contributed by atoms with E-state index in [1.54, 1.807) is 0 Å². The van der Waals surface area contributed by atoms with Crippen LogP contribution in [-0.2, 0) is 28.6 Å². The molecule has 0 bridgehead atoms. The van der Waals surface area contributed by atoms with Gasteiger partial charge in [0, 0.05) is 19.3 Å². The van der Waals surface area contributed by atoms with E-state index in [0.717, 1.165) is 135 Å². The van der Waals surface area contributed by atoms with Crippen molar-refractivity contribution < 1.29 is 28.6 Å². The highest BCUT2D eigenvalue weighted by Crippen LogP contribution is 2.17. The van der Waals surface area contributed by atoms with E-state index in [1.807, 2.05) is 0 Å². The maximum absolute atomic E-state index is 13.0. The number of carbonyl (C=O) groups excluding carboxylic acids is 3. The highest BCUT2D eigenvalue weighted by molar-refractivity contribution is 5.71. The fourth-order valence-electron chi connectivity index (χ4n) is 9.75. The number of unbranched alkanes of at least 4 members (excludes halogenated alkanes) is 32. The third-order valence-corrected chi connectivity index (χ3v) is 14.9. The molecule has 0 N–H and O–H groups in total. The average molecular weight is 1150 g/mol. The van der Waals surface area contributed by atoms with Crippen LogP contribution in [0.25, 0.3) is 0 Å². The Bertz CT molecular complexity index is 1700. The van der Waals surface area contributed by atoms with Crippen LogP contribution >= 0.6 is 0 Å². The molecule has 474 valence electrons. The molecule has 0 radical (unpaired) electrons. The molecule has 0 spiro atoms. The van der Waals surface area contributed by atoms with Crippen molar-refractivity contribution >= 4 is 17.9 Å². The van der Waals surface area contributed by atoms with E-state index in [1.165, 1.54) is 154 Å². The van der Waals surface area contributed by atoms with E-state index in [2.05, 4.69) is 142 Å². The van der Waals surface area contributed by atoms with Crippen LogP contribution in [0.15, 0.2) is 122 Å². The highest BCUT2D eigenvalue weighted by Gasteiger charge is 2.19. The maximum atomic E-state index is 13.0. The molecule has 0 saturated heterocycles. The van der Waals surface area contributed by atoms with Crippen molar-refractivity contribution in [3.05, 3.63) is 122 Å². The lowest BCUT2D eigenvalue weighted by Crippen LogP contribution is -2.30. The van der Waals surface area contributed by atoms with Crippen LogP contribution in [0.4, 0.5) is 0 Å². The van der Waals surface area contributed by atoms with Gasteiger partial charge in [0.1, 0.15) is 13.2 Å². The molecule has 1 atom stereocenters. The molecule has 0 rings (SSSR count). The number of rotatable bonds is 63. The molecule has 6 nitrogen and oxygen atoms in total. The quantitative estimate of drug-likeness (QED) is 0.0261. The number of ether oxygens (including phenoxy) is 3. The van der Waals surface area contributed by atoms with E-state index in [0.29, 0.717) is 19.3 Å². The zero-order valence-electron chi connectivity index (χ0n) is 54.4. The van der Waals surface area contributed by atoms with E-state index in [-0.39, 0.29) is 31.1 Å². The highest BCUT2D eigenvalue weighted by atomic mass is 16.6. The monoisotopic (exact) mass is 1150 g/mol. The number of hydrogen-bond acceptors (Lipinski definition) is 6. The minimum Gasteiger partial charge on any atom is -0.462 e. The summed E-state index contributed by atoms with van der Waals surface area (Å²) in [5.74, 6) is -0.901. The van der Waals surface area contributed by atoms with Crippen molar-refractivity contribution in [2.24, 2.45) is 0 Å². The van der Waals surface area contributed by atoms with Crippen LogP contribution < -0.4 is 0 Å². The number of hydrogen-bond donors (Lipinski definition) is 0. The van der Waals surface area contributed by atoms with Crippen molar-refractivity contribution in [3.63, 3.8) is 0 Å². The van der Waals surface area contributed by atoms with Crippen LogP contribution in [0.3, 0.4) is 0 Å². The minimum absolute atomic E-state index is 0.0873. The van der Waals surface area contributed by atoms with Gasteiger partial charge in [0.15, 0.2) is 6.10 Å². The summed E-state index contributed by atoms with van der Waals surface area (Å²) in [5, 5.41) is 0. The van der Waals surface area contributed by atoms with Crippen molar-refractivity contribution in [2.75, 3.05) is 13.2 Å². The maximum Gasteiger partial charge on any atom is 0.306 e. The van der Waals surface area contributed by atoms with Crippen molar-refractivity contribution in [2.45, 2.75) is 335 Å². The molecule has 0 amide bonds. The smallest absolute Gasteiger partial charge is 0.306 e. The molecular formula is C77H130O6. The number of carbonyl (C=O) groups is 3. The largest absolute Gasteiger partial charge is 0.462 e. The number of allylic oxidation sites excluding steroid dienone is 20. The Morgan fingerprint density at radius 2 is 0.470 bits per heavy atom. The van der Waals surface area contributed by atoms with Gasteiger partial charge in [-0.15, -0.1) is 0 Å². The predicted molar refractivity (Wildman–Crippen MR) is 362 cm³/mol. The predicted octanol–water partition coefficient (Wildman–Crippen LogP) is 24.3. The van der Waals surface area contributed by atoms with Crippen LogP contribution in [0.2, 0.25) is 0 Å². The third kappa shape index (κ3) is 68.5. The van der Waals surface area contributed by atoms with Gasteiger partial charge < -0.3 is 14.2 Å². The summed E-state index contributed by atoms with van der Waals surface area (Å²) in [4.78, 5) is 38.5. The fourth-order valence-corrected chi connectivity index (χ4v) is 9.75. The topological polar surface area (TPSA) is 78.9 Å². The molecule has 0 aliphatic heterocycles. The molecule has 0 saturated carbocycles. The Kier molecular flexibility index (Phi) is 66.7. The van der Waals surface area contributed by atoms with Crippen LogP contribution in [0, 0.1) is 0 Å². The summed E-state index contributed by atoms with van der Waals surface area (Å²) in [6.07, 6.45) is 97.9. The molecule has 6 heteroatoms. The standard InChI is InChI=1S/C77H130O6/c1-4-7-10-13-16-19-22-25-28-30-32-34-36-37-38-39-41-42-44-46-49-52-55-58-61-64-67-70-76(79)82-73-74(72-81-75(78)69-66-63-60-57-54-51-48-27-24-21-18-15-12-9-6-3)83-77(80)71-68-65-62-59-56-53-50-47-45-43-40-35-33-31-29-26-23-20-17-14-11-8-5-2/h8-9,11-12,17-18,20-22,25-27,29-30,32-33,35-37,48,74H,4-7,10,13-16,19,23-24,28,31,34,38-47,49-73H2,1-3H3/b11-8-,12-9-,20-17-,21-18-,25-22-,29-26-,32-30-,35-33-,37-36-,48-27-. The first-order chi connectivity index (χ1) is 41.0. The van der Waals surface area contributed by atoms with Crippen LogP contribution in [0.5, 0.6) is 0 Å². The van der Waals surface area contributed by atoms with Gasteiger partial charge in [0.25, 0.3) is 0 Å². The molecule has 0 heterocycles. The van der Waals surface area contributed by atoms with Crippen molar-refractivity contribution in [1.82, 2.24) is 0 Å². The van der Waals surface area contributed by atoms with Gasteiger partial charge in [-0.2, -0.15) is 0 Å². The van der Waals surface area contributed by atoms with Crippen LogP contribution in [-0.4, -0.2) is 37.2 Å². The summed E-state index contributed by atoms with van der Waals surface area (Å²) in [6.45, 7) is 6.41. The minimum atomic E-state index is -0.794. The molecule has 0 aliphatic carbocycles. The summed E-state index contributed by atoms with van der Waals surface area (Å²) in [5.41, 5.74) is 0. The molecule has 0 aliphatic rings. The Labute approximate surface area is 513 Å². The molecule has 0 aromatic heterocycles. The van der Waals surface area contributed by atoms with E-state index in [9.17, 15) is 14.4 Å². The summed E-state index contributed by atoms with van der Waals surface area (Å²) in [6, 6.07) is 0. The lowest BCUT2D eigenvalue weighted by Gasteiger charge is -2.18. The molecule has 1 unspecified atom stereocenters. The summed E-state index contributed by atoms with van der Waals surface area (Å²) >= 11 is 0. The van der Waals surface area contributed by atoms with E-state index >= 15 is 0 Å². The SMILES string of the molecule is CC/C=C\C/C=C\C/C=C\C/C=C\CCCCCCCCCCCCC(=O)OC(COC(=O)CCCCCCC/C=C\C/C=C\C/C=C\CC)COC(=O)CCCCCCCCCCCCCC/C=C\C/C=C\C/C=C\CCCCCCC. The normalized spacial score (nSPS) is 12.9. The van der Waals surface area contributed by atoms with E-state index < -0.39 is 6.10 Å². The van der Waals surface area contributed by atoms with Crippen LogP contribution in [0.1, 0.15) is 329 Å². The zero-order valence-corrected chi connectivity index (χ0v) is 54.4. The summed E-state index contributed by atoms with van der Waals surface area (Å²) < 4.78 is 17.0. The molecule has 0 aromatic carbocycles. The van der Waals surface area contributed by atoms with Gasteiger partial charge in [0.2, 0.25) is 0 Å². The Balaban J connectivity index is 4.34. The van der Waals surface area contributed by atoms with Gasteiger partial charge in [-0.3, -0.25) is 14.4 Å². The molecule has 83 heavy (non-hydrogen) atoms. The van der Waals surface area contributed by atoms with Crippen molar-refractivity contribution in [1.29, 1.82) is 0 Å². The number of esters is 3. The first-order valence-corrected chi connectivity index (χ1v) is 35.0. The molecule has 0 fully saturated rings. The Hall–Kier alpha value is -4.19. The van der Waals surface area contributed by atoms with Gasteiger partial charge in [0.05, 0.1) is 0 Å². The average Bonchev–Trinajstić information content (AvgIpc) is 3.49. The third-order valence-electron chi connectivity index (χ3n) is 14.9. The second-order valence-electron chi connectivity index (χ2n) is 23.0. The van der Waals surface area contributed by atoms with Gasteiger partial charge >= 0.3 is 17.9 Å². The second-order valence-corrected chi connectivity index (χ2v) is 23.0.